The molecule has 0 fully saturated rings. The van der Waals surface area contributed by atoms with E-state index >= 15 is 0 Å². The molecule has 2 nitrogen and oxygen atoms in total. The molecule has 0 saturated carbocycles. The minimum Gasteiger partial charge on any atom is -0.381 e. The SMILES string of the molecule is COC(CCCN)CCCCCCCCC(C)(C)C. The summed E-state index contributed by atoms with van der Waals surface area (Å²) < 4.78 is 5.48. The first-order valence-electron chi connectivity index (χ1n) is 8.22. The average Bonchev–Trinajstić information content (AvgIpc) is 2.35. The molecule has 0 saturated heterocycles. The van der Waals surface area contributed by atoms with Gasteiger partial charge in [0.2, 0.25) is 0 Å². The zero-order valence-electron chi connectivity index (χ0n) is 13.8. The molecule has 0 aliphatic heterocycles. The van der Waals surface area contributed by atoms with Crippen molar-refractivity contribution in [2.45, 2.75) is 91.1 Å². The largest absolute Gasteiger partial charge is 0.381 e. The Morgan fingerprint density at radius 1 is 0.842 bits per heavy atom. The van der Waals surface area contributed by atoms with Crippen molar-refractivity contribution < 1.29 is 4.74 Å². The van der Waals surface area contributed by atoms with Gasteiger partial charge in [-0.1, -0.05) is 59.3 Å². The molecule has 0 radical (unpaired) electrons. The molecule has 0 amide bonds. The zero-order valence-corrected chi connectivity index (χ0v) is 13.8. The van der Waals surface area contributed by atoms with Gasteiger partial charge in [-0.2, -0.15) is 0 Å². The van der Waals surface area contributed by atoms with Gasteiger partial charge in [0.15, 0.2) is 0 Å². The molecule has 1 atom stereocenters. The molecular formula is C17H37NO. The van der Waals surface area contributed by atoms with Crippen LogP contribution in [0.4, 0.5) is 0 Å². The van der Waals surface area contributed by atoms with Crippen LogP contribution in [0.15, 0.2) is 0 Å². The van der Waals surface area contributed by atoms with Crippen LogP contribution in [0.3, 0.4) is 0 Å². The summed E-state index contributed by atoms with van der Waals surface area (Å²) in [7, 11) is 1.83. The zero-order chi connectivity index (χ0) is 14.6. The van der Waals surface area contributed by atoms with Crippen molar-refractivity contribution in [2.75, 3.05) is 13.7 Å². The van der Waals surface area contributed by atoms with Gasteiger partial charge < -0.3 is 10.5 Å². The molecule has 1 unspecified atom stereocenters. The van der Waals surface area contributed by atoms with Gasteiger partial charge in [0.1, 0.15) is 0 Å². The summed E-state index contributed by atoms with van der Waals surface area (Å²) in [5.41, 5.74) is 6.04. The smallest absolute Gasteiger partial charge is 0.0571 e. The highest BCUT2D eigenvalue weighted by Crippen LogP contribution is 2.22. The Balaban J connectivity index is 3.30. The molecule has 0 spiro atoms. The highest BCUT2D eigenvalue weighted by atomic mass is 16.5. The predicted molar refractivity (Wildman–Crippen MR) is 85.5 cm³/mol. The molecule has 0 rings (SSSR count). The quantitative estimate of drug-likeness (QED) is 0.512. The molecule has 0 aromatic rings. The maximum absolute atomic E-state index is 5.53. The number of hydrogen-bond donors (Lipinski definition) is 1. The van der Waals surface area contributed by atoms with Crippen LogP contribution >= 0.6 is 0 Å². The van der Waals surface area contributed by atoms with Crippen molar-refractivity contribution in [3.63, 3.8) is 0 Å². The van der Waals surface area contributed by atoms with Crippen LogP contribution in [0.25, 0.3) is 0 Å². The minimum atomic E-state index is 0.435. The number of unbranched alkanes of at least 4 members (excludes halogenated alkanes) is 5. The van der Waals surface area contributed by atoms with Gasteiger partial charge in [-0.3, -0.25) is 0 Å². The summed E-state index contributed by atoms with van der Waals surface area (Å²) in [6, 6.07) is 0. The first-order chi connectivity index (χ1) is 8.99. The third-order valence-corrected chi connectivity index (χ3v) is 3.77. The van der Waals surface area contributed by atoms with Crippen LogP contribution in [0.1, 0.15) is 85.0 Å². The summed E-state index contributed by atoms with van der Waals surface area (Å²) >= 11 is 0. The first kappa shape index (κ1) is 18.9. The van der Waals surface area contributed by atoms with E-state index in [0.717, 1.165) is 19.4 Å². The lowest BCUT2D eigenvalue weighted by Gasteiger charge is -2.17. The summed E-state index contributed by atoms with van der Waals surface area (Å²) in [5.74, 6) is 0. The molecule has 2 N–H and O–H groups in total. The van der Waals surface area contributed by atoms with E-state index in [9.17, 15) is 0 Å². The van der Waals surface area contributed by atoms with Crippen LogP contribution in [0.5, 0.6) is 0 Å². The van der Waals surface area contributed by atoms with Crippen LogP contribution in [0.2, 0.25) is 0 Å². The second-order valence-corrected chi connectivity index (χ2v) is 7.01. The fourth-order valence-corrected chi connectivity index (χ4v) is 2.46. The van der Waals surface area contributed by atoms with E-state index in [1.807, 2.05) is 7.11 Å². The standard InChI is InChI=1S/C17H37NO/c1-17(2,3)14-10-8-6-5-7-9-12-16(19-4)13-11-15-18/h16H,5-15,18H2,1-4H3. The number of methoxy groups -OCH3 is 1. The van der Waals surface area contributed by atoms with Crippen molar-refractivity contribution in [3.05, 3.63) is 0 Å². The topological polar surface area (TPSA) is 35.2 Å². The van der Waals surface area contributed by atoms with Crippen molar-refractivity contribution in [1.82, 2.24) is 0 Å². The number of ether oxygens (including phenoxy) is 1. The van der Waals surface area contributed by atoms with Crippen molar-refractivity contribution >= 4 is 0 Å². The Kier molecular flexibility index (Phi) is 11.7. The van der Waals surface area contributed by atoms with Gasteiger partial charge in [-0.25, -0.2) is 0 Å². The van der Waals surface area contributed by atoms with Crippen LogP contribution in [-0.4, -0.2) is 19.8 Å². The summed E-state index contributed by atoms with van der Waals surface area (Å²) in [5, 5.41) is 0. The molecule has 0 bridgehead atoms. The molecule has 2 heteroatoms. The molecule has 0 heterocycles. The van der Waals surface area contributed by atoms with Crippen LogP contribution < -0.4 is 5.73 Å². The van der Waals surface area contributed by atoms with Crippen LogP contribution in [0, 0.1) is 5.41 Å². The molecule has 0 aliphatic rings. The summed E-state index contributed by atoms with van der Waals surface area (Å²) in [6.07, 6.45) is 13.5. The van der Waals surface area contributed by atoms with Crippen LogP contribution in [-0.2, 0) is 4.74 Å². The maximum atomic E-state index is 5.53. The van der Waals surface area contributed by atoms with E-state index in [1.54, 1.807) is 0 Å². The van der Waals surface area contributed by atoms with Gasteiger partial charge in [0.25, 0.3) is 0 Å². The lowest BCUT2D eigenvalue weighted by atomic mass is 9.89. The monoisotopic (exact) mass is 271 g/mol. The van der Waals surface area contributed by atoms with Gasteiger partial charge in [0, 0.05) is 7.11 Å². The van der Waals surface area contributed by atoms with E-state index in [-0.39, 0.29) is 0 Å². The summed E-state index contributed by atoms with van der Waals surface area (Å²) in [4.78, 5) is 0. The Labute approximate surface area is 121 Å². The fraction of sp³-hybridized carbons (Fsp3) is 1.00. The Bertz CT molecular complexity index is 186. The van der Waals surface area contributed by atoms with E-state index in [2.05, 4.69) is 20.8 Å². The number of hydrogen-bond acceptors (Lipinski definition) is 2. The molecule has 0 aromatic carbocycles. The van der Waals surface area contributed by atoms with Gasteiger partial charge in [-0.05, 0) is 37.6 Å². The second-order valence-electron chi connectivity index (χ2n) is 7.01. The normalized spacial score (nSPS) is 13.7. The van der Waals surface area contributed by atoms with Crippen molar-refractivity contribution in [3.8, 4) is 0 Å². The molecular weight excluding hydrogens is 234 g/mol. The lowest BCUT2D eigenvalue weighted by molar-refractivity contribution is 0.0843. The number of nitrogens with two attached hydrogens (primary N) is 1. The van der Waals surface area contributed by atoms with Gasteiger partial charge in [-0.15, -0.1) is 0 Å². The molecule has 19 heavy (non-hydrogen) atoms. The predicted octanol–water partition coefficient (Wildman–Crippen LogP) is 4.91. The fourth-order valence-electron chi connectivity index (χ4n) is 2.46. The summed E-state index contributed by atoms with van der Waals surface area (Å²) in [6.45, 7) is 7.78. The Hall–Kier alpha value is -0.0800. The Morgan fingerprint density at radius 2 is 1.37 bits per heavy atom. The van der Waals surface area contributed by atoms with E-state index in [4.69, 9.17) is 10.5 Å². The van der Waals surface area contributed by atoms with E-state index < -0.39 is 0 Å². The second kappa shape index (κ2) is 11.7. The van der Waals surface area contributed by atoms with Gasteiger partial charge in [0.05, 0.1) is 6.10 Å². The molecule has 0 aliphatic carbocycles. The lowest BCUT2D eigenvalue weighted by Crippen LogP contribution is -2.12. The van der Waals surface area contributed by atoms with Crippen molar-refractivity contribution in [2.24, 2.45) is 11.1 Å². The van der Waals surface area contributed by atoms with Crippen molar-refractivity contribution in [1.29, 1.82) is 0 Å². The Morgan fingerprint density at radius 3 is 1.89 bits per heavy atom. The highest BCUT2D eigenvalue weighted by molar-refractivity contribution is 4.62. The third-order valence-electron chi connectivity index (χ3n) is 3.77. The maximum Gasteiger partial charge on any atom is 0.0571 e. The van der Waals surface area contributed by atoms with E-state index in [0.29, 0.717) is 11.5 Å². The molecule has 0 aromatic heterocycles. The van der Waals surface area contributed by atoms with Gasteiger partial charge >= 0.3 is 0 Å². The molecule has 116 valence electrons. The minimum absolute atomic E-state index is 0.435. The highest BCUT2D eigenvalue weighted by Gasteiger charge is 2.09. The average molecular weight is 271 g/mol. The third kappa shape index (κ3) is 14.1. The van der Waals surface area contributed by atoms with E-state index in [1.165, 1.54) is 51.4 Å². The first-order valence-corrected chi connectivity index (χ1v) is 8.22. The number of rotatable bonds is 12.